The van der Waals surface area contributed by atoms with Gasteiger partial charge in [0.25, 0.3) is 0 Å². The second-order valence-electron chi connectivity index (χ2n) is 7.65. The van der Waals surface area contributed by atoms with Crippen molar-refractivity contribution < 1.29 is 14.3 Å². The van der Waals surface area contributed by atoms with Crippen molar-refractivity contribution in [3.63, 3.8) is 0 Å². The van der Waals surface area contributed by atoms with Crippen LogP contribution in [-0.4, -0.2) is 36.5 Å². The van der Waals surface area contributed by atoms with E-state index >= 15 is 0 Å². The van der Waals surface area contributed by atoms with E-state index in [-0.39, 0.29) is 17.4 Å². The molecule has 2 rings (SSSR count). The van der Waals surface area contributed by atoms with Crippen molar-refractivity contribution >= 4 is 12.0 Å². The van der Waals surface area contributed by atoms with Crippen molar-refractivity contribution in [2.24, 2.45) is 11.3 Å². The van der Waals surface area contributed by atoms with Crippen LogP contribution in [0.15, 0.2) is 30.3 Å². The molecule has 2 amide bonds. The molecule has 1 aliphatic rings. The van der Waals surface area contributed by atoms with E-state index in [1.807, 2.05) is 18.2 Å². The molecule has 0 unspecified atom stereocenters. The number of rotatable bonds is 4. The number of nitrogens with zero attached hydrogens (tertiary/aromatic N) is 1. The predicted molar refractivity (Wildman–Crippen MR) is 93.8 cm³/mol. The summed E-state index contributed by atoms with van der Waals surface area (Å²) in [7, 11) is 0. The first-order valence-corrected chi connectivity index (χ1v) is 8.62. The van der Waals surface area contributed by atoms with Crippen molar-refractivity contribution in [2.75, 3.05) is 19.6 Å². The molecular formula is C19H28N2O3. The number of carbonyl (C=O) groups is 2. The summed E-state index contributed by atoms with van der Waals surface area (Å²) in [4.78, 5) is 25.7. The van der Waals surface area contributed by atoms with Gasteiger partial charge in [-0.15, -0.1) is 0 Å². The fraction of sp³-hybridized carbons (Fsp3) is 0.579. The molecule has 0 aliphatic carbocycles. The van der Waals surface area contributed by atoms with Crippen LogP contribution >= 0.6 is 0 Å². The maximum Gasteiger partial charge on any atom is 0.415 e. The fourth-order valence-corrected chi connectivity index (χ4v) is 2.78. The second kappa shape index (κ2) is 8.18. The standard InChI is InChI=1S/C19H28N2O3/c1-19(2,3)13-17(22)20-14-15-9-11-21(12-10-15)18(23)24-16-7-5-4-6-8-16/h4-8,15H,9-14H2,1-3H3,(H,20,22). The highest BCUT2D eigenvalue weighted by atomic mass is 16.6. The maximum atomic E-state index is 12.1. The molecule has 0 spiro atoms. The number of benzene rings is 1. The molecule has 1 heterocycles. The third kappa shape index (κ3) is 6.22. The van der Waals surface area contributed by atoms with Crippen molar-refractivity contribution in [2.45, 2.75) is 40.0 Å². The third-order valence-corrected chi connectivity index (χ3v) is 4.10. The van der Waals surface area contributed by atoms with Crippen LogP contribution in [0.3, 0.4) is 0 Å². The Morgan fingerprint density at radius 2 is 1.79 bits per heavy atom. The van der Waals surface area contributed by atoms with Gasteiger partial charge in [0.2, 0.25) is 5.91 Å². The lowest BCUT2D eigenvalue weighted by Gasteiger charge is -2.31. The van der Waals surface area contributed by atoms with Crippen molar-refractivity contribution in [3.05, 3.63) is 30.3 Å². The number of nitrogens with one attached hydrogen (secondary N) is 1. The lowest BCUT2D eigenvalue weighted by Crippen LogP contribution is -2.43. The Labute approximate surface area is 144 Å². The summed E-state index contributed by atoms with van der Waals surface area (Å²) in [6.45, 7) is 8.21. The highest BCUT2D eigenvalue weighted by molar-refractivity contribution is 5.76. The quantitative estimate of drug-likeness (QED) is 0.919. The van der Waals surface area contributed by atoms with E-state index in [9.17, 15) is 9.59 Å². The molecular weight excluding hydrogens is 304 g/mol. The minimum atomic E-state index is -0.295. The lowest BCUT2D eigenvalue weighted by molar-refractivity contribution is -0.123. The summed E-state index contributed by atoms with van der Waals surface area (Å²) in [5, 5.41) is 3.02. The molecule has 1 fully saturated rings. The zero-order valence-corrected chi connectivity index (χ0v) is 14.9. The Kier molecular flexibility index (Phi) is 6.23. The van der Waals surface area contributed by atoms with Gasteiger partial charge in [-0.05, 0) is 36.3 Å². The van der Waals surface area contributed by atoms with Crippen LogP contribution in [0, 0.1) is 11.3 Å². The normalized spacial score (nSPS) is 15.9. The van der Waals surface area contributed by atoms with E-state index in [0.717, 1.165) is 12.8 Å². The number of amides is 2. The van der Waals surface area contributed by atoms with E-state index in [1.165, 1.54) is 0 Å². The van der Waals surface area contributed by atoms with E-state index in [2.05, 4.69) is 26.1 Å². The Bertz CT molecular complexity index is 543. The molecule has 1 aromatic rings. The number of hydrogen-bond acceptors (Lipinski definition) is 3. The number of likely N-dealkylation sites (tertiary alicyclic amines) is 1. The smallest absolute Gasteiger partial charge is 0.410 e. The van der Waals surface area contributed by atoms with E-state index in [1.54, 1.807) is 17.0 Å². The van der Waals surface area contributed by atoms with Crippen molar-refractivity contribution in [1.29, 1.82) is 0 Å². The second-order valence-corrected chi connectivity index (χ2v) is 7.65. The molecule has 1 saturated heterocycles. The van der Waals surface area contributed by atoms with Crippen LogP contribution in [0.1, 0.15) is 40.0 Å². The zero-order chi connectivity index (χ0) is 17.6. The van der Waals surface area contributed by atoms with Crippen LogP contribution in [0.25, 0.3) is 0 Å². The van der Waals surface area contributed by atoms with E-state index in [4.69, 9.17) is 4.74 Å². The van der Waals surface area contributed by atoms with Crippen LogP contribution in [0.5, 0.6) is 5.75 Å². The molecule has 0 saturated carbocycles. The average molecular weight is 332 g/mol. The summed E-state index contributed by atoms with van der Waals surface area (Å²) in [6, 6.07) is 9.12. The summed E-state index contributed by atoms with van der Waals surface area (Å²) in [5.41, 5.74) is 0.00858. The first-order chi connectivity index (χ1) is 11.3. The average Bonchev–Trinajstić information content (AvgIpc) is 2.53. The Hall–Kier alpha value is -2.04. The van der Waals surface area contributed by atoms with Gasteiger partial charge in [0.05, 0.1) is 0 Å². The van der Waals surface area contributed by atoms with E-state index < -0.39 is 0 Å². The molecule has 1 aliphatic heterocycles. The van der Waals surface area contributed by atoms with Gasteiger partial charge in [0.1, 0.15) is 5.75 Å². The third-order valence-electron chi connectivity index (χ3n) is 4.10. The highest BCUT2D eigenvalue weighted by Crippen LogP contribution is 2.20. The molecule has 0 aromatic heterocycles. The minimum absolute atomic E-state index is 0.00858. The molecule has 132 valence electrons. The first-order valence-electron chi connectivity index (χ1n) is 8.62. The molecule has 1 aromatic carbocycles. The van der Waals surface area contributed by atoms with Gasteiger partial charge in [0.15, 0.2) is 0 Å². The Morgan fingerprint density at radius 1 is 1.17 bits per heavy atom. The van der Waals surface area contributed by atoms with E-state index in [0.29, 0.717) is 37.7 Å². The minimum Gasteiger partial charge on any atom is -0.410 e. The first kappa shape index (κ1) is 18.3. The Balaban J connectivity index is 1.69. The summed E-state index contributed by atoms with van der Waals surface area (Å²) in [5.74, 6) is 1.10. The monoisotopic (exact) mass is 332 g/mol. The van der Waals surface area contributed by atoms with Crippen LogP contribution in [-0.2, 0) is 4.79 Å². The SMILES string of the molecule is CC(C)(C)CC(=O)NCC1CCN(C(=O)Oc2ccccc2)CC1. The molecule has 24 heavy (non-hydrogen) atoms. The van der Waals surface area contributed by atoms with Gasteiger partial charge in [-0.3, -0.25) is 4.79 Å². The van der Waals surface area contributed by atoms with Crippen LogP contribution in [0.4, 0.5) is 4.79 Å². The zero-order valence-electron chi connectivity index (χ0n) is 14.9. The number of hydrogen-bond donors (Lipinski definition) is 1. The molecule has 0 radical (unpaired) electrons. The van der Waals surface area contributed by atoms with Crippen molar-refractivity contribution in [3.8, 4) is 5.75 Å². The predicted octanol–water partition coefficient (Wildman–Crippen LogP) is 3.45. The number of ether oxygens (including phenoxy) is 1. The number of piperidine rings is 1. The largest absolute Gasteiger partial charge is 0.415 e. The van der Waals surface area contributed by atoms with Crippen molar-refractivity contribution in [1.82, 2.24) is 10.2 Å². The topological polar surface area (TPSA) is 58.6 Å². The van der Waals surface area contributed by atoms with Gasteiger partial charge < -0.3 is 15.0 Å². The fourth-order valence-electron chi connectivity index (χ4n) is 2.78. The molecule has 5 nitrogen and oxygen atoms in total. The number of carbonyl (C=O) groups excluding carboxylic acids is 2. The van der Waals surface area contributed by atoms with Gasteiger partial charge in [-0.1, -0.05) is 39.0 Å². The van der Waals surface area contributed by atoms with Gasteiger partial charge in [0, 0.05) is 26.1 Å². The highest BCUT2D eigenvalue weighted by Gasteiger charge is 2.25. The van der Waals surface area contributed by atoms with Crippen LogP contribution in [0.2, 0.25) is 0 Å². The number of para-hydroxylation sites is 1. The Morgan fingerprint density at radius 3 is 2.38 bits per heavy atom. The van der Waals surface area contributed by atoms with Gasteiger partial charge >= 0.3 is 6.09 Å². The van der Waals surface area contributed by atoms with Crippen LogP contribution < -0.4 is 10.1 Å². The molecule has 1 N–H and O–H groups in total. The summed E-state index contributed by atoms with van der Waals surface area (Å²) >= 11 is 0. The molecule has 0 bridgehead atoms. The summed E-state index contributed by atoms with van der Waals surface area (Å²) < 4.78 is 5.36. The van der Waals surface area contributed by atoms with Gasteiger partial charge in [-0.25, -0.2) is 4.79 Å². The molecule has 0 atom stereocenters. The lowest BCUT2D eigenvalue weighted by atomic mass is 9.91. The molecule has 5 heteroatoms. The maximum absolute atomic E-state index is 12.1. The van der Waals surface area contributed by atoms with Gasteiger partial charge in [-0.2, -0.15) is 0 Å². The summed E-state index contributed by atoms with van der Waals surface area (Å²) in [6.07, 6.45) is 2.02.